The molecule has 2 aromatic carbocycles. The molecule has 0 saturated heterocycles. The van der Waals surface area contributed by atoms with Crippen molar-refractivity contribution in [3.05, 3.63) is 53.6 Å². The number of hydrogen-bond acceptors (Lipinski definition) is 7. The smallest absolute Gasteiger partial charge is 0.338 e. The number of methoxy groups -OCH3 is 2. The number of anilines is 1. The molecule has 160 valence electrons. The lowest BCUT2D eigenvalue weighted by Gasteiger charge is -2.07. The molecule has 0 unspecified atom stereocenters. The molecule has 0 radical (unpaired) electrons. The van der Waals surface area contributed by atoms with Crippen molar-refractivity contribution < 1.29 is 28.6 Å². The molecule has 0 aliphatic heterocycles. The number of ether oxygens (including phenoxy) is 3. The van der Waals surface area contributed by atoms with Crippen molar-refractivity contribution in [3.8, 4) is 11.5 Å². The highest BCUT2D eigenvalue weighted by molar-refractivity contribution is 5.93. The van der Waals surface area contributed by atoms with Gasteiger partial charge in [0.25, 0.3) is 5.91 Å². The van der Waals surface area contributed by atoms with Crippen LogP contribution in [0.4, 0.5) is 5.69 Å². The van der Waals surface area contributed by atoms with Crippen LogP contribution in [-0.4, -0.2) is 45.5 Å². The van der Waals surface area contributed by atoms with Crippen molar-refractivity contribution in [2.75, 3.05) is 32.8 Å². The number of unbranched alkanes of at least 4 members (excludes halogenated alkanes) is 1. The molecule has 0 spiro atoms. The van der Waals surface area contributed by atoms with Gasteiger partial charge < -0.3 is 24.4 Å². The first-order valence-corrected chi connectivity index (χ1v) is 9.51. The molecule has 2 rings (SSSR count). The summed E-state index contributed by atoms with van der Waals surface area (Å²) in [5.41, 5.74) is 1.70. The number of benzene rings is 2. The van der Waals surface area contributed by atoms with Gasteiger partial charge in [0, 0.05) is 11.3 Å². The second-order valence-corrected chi connectivity index (χ2v) is 6.24. The summed E-state index contributed by atoms with van der Waals surface area (Å²) in [5.74, 6) is 0.416. The second kappa shape index (κ2) is 12.1. The van der Waals surface area contributed by atoms with Gasteiger partial charge in [0.2, 0.25) is 0 Å². The maximum atomic E-state index is 12.0. The Morgan fingerprint density at radius 3 is 2.43 bits per heavy atom. The maximum absolute atomic E-state index is 12.0. The Morgan fingerprint density at radius 2 is 1.77 bits per heavy atom. The lowest BCUT2D eigenvalue weighted by molar-refractivity contribution is -0.120. The van der Waals surface area contributed by atoms with Crippen LogP contribution in [0.2, 0.25) is 0 Å². The maximum Gasteiger partial charge on any atom is 0.338 e. The van der Waals surface area contributed by atoms with Crippen molar-refractivity contribution in [2.45, 2.75) is 19.8 Å². The Balaban J connectivity index is 1.79. The predicted octanol–water partition coefficient (Wildman–Crippen LogP) is 3.65. The number of rotatable bonds is 11. The molecule has 0 aromatic heterocycles. The number of carbonyl (C=O) groups is 2. The van der Waals surface area contributed by atoms with E-state index in [9.17, 15) is 9.59 Å². The lowest BCUT2D eigenvalue weighted by atomic mass is 10.2. The van der Waals surface area contributed by atoms with Gasteiger partial charge in [0.05, 0.1) is 32.6 Å². The summed E-state index contributed by atoms with van der Waals surface area (Å²) < 4.78 is 15.5. The minimum Gasteiger partial charge on any atom is -0.493 e. The molecule has 0 heterocycles. The zero-order valence-corrected chi connectivity index (χ0v) is 17.3. The zero-order chi connectivity index (χ0) is 21.8. The van der Waals surface area contributed by atoms with Gasteiger partial charge in [0.1, 0.15) is 0 Å². The van der Waals surface area contributed by atoms with Gasteiger partial charge in [-0.2, -0.15) is 0 Å². The van der Waals surface area contributed by atoms with Crippen LogP contribution < -0.4 is 14.8 Å². The molecular formula is C22H26N2O6. The molecule has 2 aromatic rings. The number of amides is 1. The Kier molecular flexibility index (Phi) is 9.18. The minimum absolute atomic E-state index is 0.259. The van der Waals surface area contributed by atoms with E-state index in [-0.39, 0.29) is 18.5 Å². The molecule has 30 heavy (non-hydrogen) atoms. The highest BCUT2D eigenvalue weighted by Gasteiger charge is 2.08. The number of esters is 1. The molecule has 8 nitrogen and oxygen atoms in total. The third-order valence-electron chi connectivity index (χ3n) is 4.01. The van der Waals surface area contributed by atoms with Crippen molar-refractivity contribution in [3.63, 3.8) is 0 Å². The van der Waals surface area contributed by atoms with Gasteiger partial charge >= 0.3 is 5.97 Å². The number of hydrogen-bond donors (Lipinski definition) is 1. The van der Waals surface area contributed by atoms with E-state index in [1.54, 1.807) is 56.7 Å². The number of nitrogens with one attached hydrogen (secondary N) is 1. The summed E-state index contributed by atoms with van der Waals surface area (Å²) in [4.78, 5) is 28.9. The van der Waals surface area contributed by atoms with Gasteiger partial charge in [-0.15, -0.1) is 0 Å². The highest BCUT2D eigenvalue weighted by atomic mass is 16.6. The number of carbonyl (C=O) groups excluding carboxylic acids is 2. The summed E-state index contributed by atoms with van der Waals surface area (Å²) >= 11 is 0. The van der Waals surface area contributed by atoms with E-state index in [4.69, 9.17) is 19.0 Å². The molecule has 8 heteroatoms. The Labute approximate surface area is 175 Å². The zero-order valence-electron chi connectivity index (χ0n) is 17.3. The predicted molar refractivity (Wildman–Crippen MR) is 113 cm³/mol. The Morgan fingerprint density at radius 1 is 1.03 bits per heavy atom. The first-order chi connectivity index (χ1) is 14.6. The van der Waals surface area contributed by atoms with Crippen LogP contribution in [0.1, 0.15) is 35.7 Å². The summed E-state index contributed by atoms with van der Waals surface area (Å²) in [6, 6.07) is 11.7. The van der Waals surface area contributed by atoms with Crippen LogP contribution in [0.25, 0.3) is 0 Å². The van der Waals surface area contributed by atoms with Gasteiger partial charge in [-0.1, -0.05) is 18.5 Å². The SMILES string of the molecule is CCCCOC(=O)c1ccc(NC(=O)CO/N=C/c2ccc(OC)c(OC)c2)cc1. The number of oxime groups is 1. The van der Waals surface area contributed by atoms with Crippen LogP contribution in [0.5, 0.6) is 11.5 Å². The van der Waals surface area contributed by atoms with Gasteiger partial charge in [0.15, 0.2) is 18.1 Å². The molecular weight excluding hydrogens is 388 g/mol. The van der Waals surface area contributed by atoms with Crippen LogP contribution in [0, 0.1) is 0 Å². The van der Waals surface area contributed by atoms with Crippen molar-refractivity contribution in [2.24, 2.45) is 5.16 Å². The van der Waals surface area contributed by atoms with E-state index < -0.39 is 0 Å². The molecule has 0 aliphatic rings. The molecule has 0 saturated carbocycles. The second-order valence-electron chi connectivity index (χ2n) is 6.24. The largest absolute Gasteiger partial charge is 0.493 e. The topological polar surface area (TPSA) is 95.5 Å². The van der Waals surface area contributed by atoms with E-state index >= 15 is 0 Å². The normalized spacial score (nSPS) is 10.5. The Hall–Kier alpha value is -3.55. The van der Waals surface area contributed by atoms with Crippen molar-refractivity contribution >= 4 is 23.8 Å². The Bertz CT molecular complexity index is 864. The van der Waals surface area contributed by atoms with E-state index in [0.717, 1.165) is 18.4 Å². The summed E-state index contributed by atoms with van der Waals surface area (Å²) in [5, 5.41) is 6.45. The molecule has 0 atom stereocenters. The molecule has 1 N–H and O–H groups in total. The molecule has 1 amide bonds. The molecule has 0 fully saturated rings. The standard InChI is InChI=1S/C22H26N2O6/c1-4-5-12-29-22(26)17-7-9-18(10-8-17)24-21(25)15-30-23-14-16-6-11-19(27-2)20(13-16)28-3/h6-11,13-14H,4-5,12,15H2,1-3H3,(H,24,25)/b23-14+. The average molecular weight is 414 g/mol. The first kappa shape index (κ1) is 22.7. The van der Waals surface area contributed by atoms with Crippen LogP contribution in [-0.2, 0) is 14.4 Å². The quantitative estimate of drug-likeness (QED) is 0.261. The lowest BCUT2D eigenvalue weighted by Crippen LogP contribution is -2.17. The van der Waals surface area contributed by atoms with E-state index in [2.05, 4.69) is 10.5 Å². The van der Waals surface area contributed by atoms with E-state index in [0.29, 0.717) is 29.4 Å². The highest BCUT2D eigenvalue weighted by Crippen LogP contribution is 2.26. The summed E-state index contributed by atoms with van der Waals surface area (Å²) in [6.07, 6.45) is 3.25. The van der Waals surface area contributed by atoms with Gasteiger partial charge in [-0.05, 0) is 48.9 Å². The van der Waals surface area contributed by atoms with Crippen LogP contribution >= 0.6 is 0 Å². The molecule has 0 aliphatic carbocycles. The van der Waals surface area contributed by atoms with Crippen LogP contribution in [0.3, 0.4) is 0 Å². The van der Waals surface area contributed by atoms with E-state index in [1.807, 2.05) is 6.92 Å². The average Bonchev–Trinajstić information content (AvgIpc) is 2.77. The monoisotopic (exact) mass is 414 g/mol. The van der Waals surface area contributed by atoms with E-state index in [1.165, 1.54) is 6.21 Å². The first-order valence-electron chi connectivity index (χ1n) is 9.51. The van der Waals surface area contributed by atoms with Crippen molar-refractivity contribution in [1.82, 2.24) is 0 Å². The summed E-state index contributed by atoms with van der Waals surface area (Å²) in [6.45, 7) is 2.16. The fourth-order valence-electron chi connectivity index (χ4n) is 2.41. The fourth-order valence-corrected chi connectivity index (χ4v) is 2.41. The fraction of sp³-hybridized carbons (Fsp3) is 0.318. The number of nitrogens with zero attached hydrogens (tertiary/aromatic N) is 1. The third kappa shape index (κ3) is 7.12. The van der Waals surface area contributed by atoms with Gasteiger partial charge in [-0.25, -0.2) is 4.79 Å². The third-order valence-corrected chi connectivity index (χ3v) is 4.01. The summed E-state index contributed by atoms with van der Waals surface area (Å²) in [7, 11) is 3.10. The van der Waals surface area contributed by atoms with Gasteiger partial charge in [-0.3, -0.25) is 4.79 Å². The van der Waals surface area contributed by atoms with Crippen molar-refractivity contribution in [1.29, 1.82) is 0 Å². The minimum atomic E-state index is -0.380. The molecule has 0 bridgehead atoms. The van der Waals surface area contributed by atoms with Crippen LogP contribution in [0.15, 0.2) is 47.6 Å².